The van der Waals surface area contributed by atoms with Gasteiger partial charge in [0.15, 0.2) is 5.96 Å². The van der Waals surface area contributed by atoms with E-state index in [1.807, 2.05) is 18.5 Å². The Labute approximate surface area is 170 Å². The quantitative estimate of drug-likeness (QED) is 0.457. The number of aliphatic imine (C=N–C) groups is 1. The number of likely N-dealkylation sites (tertiary alicyclic amines) is 1. The van der Waals surface area contributed by atoms with Crippen LogP contribution in [0.15, 0.2) is 23.5 Å². The molecular weight excluding hydrogens is 350 g/mol. The molecule has 0 spiro atoms. The lowest BCUT2D eigenvalue weighted by atomic mass is 9.92. The van der Waals surface area contributed by atoms with Gasteiger partial charge in [-0.15, -0.1) is 0 Å². The molecule has 28 heavy (non-hydrogen) atoms. The van der Waals surface area contributed by atoms with Crippen LogP contribution in [0, 0.1) is 11.8 Å². The number of hydrogen-bond acceptors (Lipinski definition) is 5. The van der Waals surface area contributed by atoms with E-state index in [1.54, 1.807) is 0 Å². The summed E-state index contributed by atoms with van der Waals surface area (Å²) in [5.74, 6) is 3.54. The molecule has 0 amide bonds. The molecule has 0 saturated carbocycles. The van der Waals surface area contributed by atoms with Crippen LogP contribution in [0.5, 0.6) is 0 Å². The van der Waals surface area contributed by atoms with Gasteiger partial charge in [-0.2, -0.15) is 0 Å². The SMILES string of the molecule is CCNC(=NCCCN1CC(C)CC(C)C1)N1CCN(c2ncccn2)CC1. The fraction of sp³-hybridized carbons (Fsp3) is 0.762. The minimum Gasteiger partial charge on any atom is -0.357 e. The zero-order chi connectivity index (χ0) is 19.8. The average Bonchev–Trinajstić information content (AvgIpc) is 2.70. The predicted octanol–water partition coefficient (Wildman–Crippen LogP) is 1.93. The van der Waals surface area contributed by atoms with Gasteiger partial charge in [-0.05, 0) is 44.2 Å². The number of rotatable bonds is 6. The molecule has 156 valence electrons. The normalized spacial score (nSPS) is 24.5. The van der Waals surface area contributed by atoms with Gasteiger partial charge in [0.2, 0.25) is 5.95 Å². The first-order chi connectivity index (χ1) is 13.7. The third-order valence-electron chi connectivity index (χ3n) is 5.59. The molecule has 0 aromatic carbocycles. The van der Waals surface area contributed by atoms with E-state index in [2.05, 4.69) is 50.8 Å². The first-order valence-corrected chi connectivity index (χ1v) is 10.9. The molecule has 2 unspecified atom stereocenters. The molecule has 3 rings (SSSR count). The van der Waals surface area contributed by atoms with E-state index in [0.717, 1.165) is 76.0 Å². The van der Waals surface area contributed by atoms with E-state index in [1.165, 1.54) is 19.5 Å². The molecule has 2 atom stereocenters. The van der Waals surface area contributed by atoms with Gasteiger partial charge < -0.3 is 20.0 Å². The summed E-state index contributed by atoms with van der Waals surface area (Å²) in [6.07, 6.45) is 6.12. The number of nitrogens with zero attached hydrogens (tertiary/aromatic N) is 6. The molecule has 0 aliphatic carbocycles. The highest BCUT2D eigenvalue weighted by molar-refractivity contribution is 5.80. The van der Waals surface area contributed by atoms with Gasteiger partial charge >= 0.3 is 0 Å². The molecular formula is C21H37N7. The molecule has 0 radical (unpaired) electrons. The zero-order valence-corrected chi connectivity index (χ0v) is 17.8. The summed E-state index contributed by atoms with van der Waals surface area (Å²) in [4.78, 5) is 20.9. The summed E-state index contributed by atoms with van der Waals surface area (Å²) in [5, 5.41) is 3.47. The Morgan fingerprint density at radius 2 is 1.79 bits per heavy atom. The predicted molar refractivity (Wildman–Crippen MR) is 116 cm³/mol. The molecule has 1 aromatic heterocycles. The summed E-state index contributed by atoms with van der Waals surface area (Å²) in [6, 6.07) is 1.86. The Kier molecular flexibility index (Phi) is 7.89. The van der Waals surface area contributed by atoms with Crippen molar-refractivity contribution in [2.45, 2.75) is 33.6 Å². The average molecular weight is 388 g/mol. The summed E-state index contributed by atoms with van der Waals surface area (Å²) in [7, 11) is 0. The van der Waals surface area contributed by atoms with Crippen LogP contribution in [0.25, 0.3) is 0 Å². The Morgan fingerprint density at radius 1 is 1.11 bits per heavy atom. The lowest BCUT2D eigenvalue weighted by molar-refractivity contribution is 0.140. The summed E-state index contributed by atoms with van der Waals surface area (Å²) in [5.41, 5.74) is 0. The summed E-state index contributed by atoms with van der Waals surface area (Å²) < 4.78 is 0. The largest absolute Gasteiger partial charge is 0.357 e. The van der Waals surface area contributed by atoms with Crippen molar-refractivity contribution < 1.29 is 0 Å². The van der Waals surface area contributed by atoms with Gasteiger partial charge in [-0.1, -0.05) is 13.8 Å². The monoisotopic (exact) mass is 387 g/mol. The van der Waals surface area contributed by atoms with E-state index in [0.29, 0.717) is 0 Å². The molecule has 3 heterocycles. The van der Waals surface area contributed by atoms with Gasteiger partial charge in [-0.3, -0.25) is 4.99 Å². The van der Waals surface area contributed by atoms with E-state index in [4.69, 9.17) is 4.99 Å². The molecule has 1 aromatic rings. The lowest BCUT2D eigenvalue weighted by Gasteiger charge is -2.36. The highest BCUT2D eigenvalue weighted by Gasteiger charge is 2.22. The van der Waals surface area contributed by atoms with Crippen LogP contribution in [-0.2, 0) is 0 Å². The van der Waals surface area contributed by atoms with Crippen LogP contribution >= 0.6 is 0 Å². The second-order valence-electron chi connectivity index (χ2n) is 8.32. The van der Waals surface area contributed by atoms with E-state index in [-0.39, 0.29) is 0 Å². The second kappa shape index (κ2) is 10.6. The Morgan fingerprint density at radius 3 is 2.43 bits per heavy atom. The third kappa shape index (κ3) is 6.06. The van der Waals surface area contributed by atoms with Crippen LogP contribution in [0.3, 0.4) is 0 Å². The molecule has 0 bridgehead atoms. The van der Waals surface area contributed by atoms with E-state index >= 15 is 0 Å². The van der Waals surface area contributed by atoms with Gasteiger partial charge in [0.25, 0.3) is 0 Å². The summed E-state index contributed by atoms with van der Waals surface area (Å²) in [6.45, 7) is 16.1. The molecule has 7 heteroatoms. The van der Waals surface area contributed by atoms with Crippen molar-refractivity contribution in [3.63, 3.8) is 0 Å². The maximum absolute atomic E-state index is 4.91. The number of piperazine rings is 1. The number of guanidine groups is 1. The Hall–Kier alpha value is -1.89. The summed E-state index contributed by atoms with van der Waals surface area (Å²) >= 11 is 0. The van der Waals surface area contributed by atoms with Crippen molar-refractivity contribution in [3.05, 3.63) is 18.5 Å². The zero-order valence-electron chi connectivity index (χ0n) is 17.8. The number of hydrogen-bond donors (Lipinski definition) is 1. The molecule has 2 aliphatic rings. The molecule has 2 aliphatic heterocycles. The van der Waals surface area contributed by atoms with Crippen LogP contribution in [0.1, 0.15) is 33.6 Å². The smallest absolute Gasteiger partial charge is 0.225 e. The lowest BCUT2D eigenvalue weighted by Crippen LogP contribution is -2.53. The maximum Gasteiger partial charge on any atom is 0.225 e. The standard InChI is InChI=1S/C21H37N7/c1-4-22-20(25-9-6-10-26-16-18(2)15-19(3)17-26)27-11-13-28(14-12-27)21-23-7-5-8-24-21/h5,7-8,18-19H,4,6,9-17H2,1-3H3,(H,22,25). The van der Waals surface area contributed by atoms with Crippen LogP contribution < -0.4 is 10.2 Å². The fourth-order valence-corrected chi connectivity index (χ4v) is 4.45. The minimum absolute atomic E-state index is 0.828. The Balaban J connectivity index is 1.45. The number of nitrogens with one attached hydrogen (secondary N) is 1. The van der Waals surface area contributed by atoms with Crippen LogP contribution in [0.2, 0.25) is 0 Å². The van der Waals surface area contributed by atoms with Crippen LogP contribution in [-0.4, -0.2) is 84.6 Å². The Bertz CT molecular complexity index is 588. The van der Waals surface area contributed by atoms with Crippen molar-refractivity contribution in [1.29, 1.82) is 0 Å². The highest BCUT2D eigenvalue weighted by Crippen LogP contribution is 2.20. The molecule has 1 N–H and O–H groups in total. The molecule has 2 fully saturated rings. The van der Waals surface area contributed by atoms with Crippen molar-refractivity contribution in [3.8, 4) is 0 Å². The minimum atomic E-state index is 0.828. The number of piperidine rings is 1. The fourth-order valence-electron chi connectivity index (χ4n) is 4.45. The van der Waals surface area contributed by atoms with Crippen LogP contribution in [0.4, 0.5) is 5.95 Å². The van der Waals surface area contributed by atoms with E-state index in [9.17, 15) is 0 Å². The molecule has 2 saturated heterocycles. The first-order valence-electron chi connectivity index (χ1n) is 10.9. The van der Waals surface area contributed by atoms with Gasteiger partial charge in [0.05, 0.1) is 0 Å². The van der Waals surface area contributed by atoms with Gasteiger partial charge in [-0.25, -0.2) is 9.97 Å². The van der Waals surface area contributed by atoms with Crippen molar-refractivity contribution in [1.82, 2.24) is 25.1 Å². The van der Waals surface area contributed by atoms with Gasteiger partial charge in [0.1, 0.15) is 0 Å². The second-order valence-corrected chi connectivity index (χ2v) is 8.32. The van der Waals surface area contributed by atoms with E-state index < -0.39 is 0 Å². The number of anilines is 1. The maximum atomic E-state index is 4.91. The first kappa shape index (κ1) is 20.8. The topological polar surface area (TPSA) is 59.9 Å². The van der Waals surface area contributed by atoms with Crippen molar-refractivity contribution >= 4 is 11.9 Å². The molecule has 7 nitrogen and oxygen atoms in total. The number of aromatic nitrogens is 2. The van der Waals surface area contributed by atoms with Crippen molar-refractivity contribution in [2.24, 2.45) is 16.8 Å². The van der Waals surface area contributed by atoms with Crippen molar-refractivity contribution in [2.75, 3.05) is 63.8 Å². The van der Waals surface area contributed by atoms with Gasteiger partial charge in [0, 0.05) is 64.8 Å². The highest BCUT2D eigenvalue weighted by atomic mass is 15.4. The third-order valence-corrected chi connectivity index (χ3v) is 5.59.